The number of fused-ring (bicyclic) bond motifs is 1. The first-order valence-corrected chi connectivity index (χ1v) is 12.4. The fourth-order valence-electron chi connectivity index (χ4n) is 4.49. The summed E-state index contributed by atoms with van der Waals surface area (Å²) in [6, 6.07) is 18.3. The summed E-state index contributed by atoms with van der Waals surface area (Å²) in [6.45, 7) is 4.02. The van der Waals surface area contributed by atoms with Gasteiger partial charge in [-0.1, -0.05) is 61.5 Å². The molecular formula is C31H26F3N3O. The molecule has 0 unspecified atom stereocenters. The van der Waals surface area contributed by atoms with E-state index in [1.165, 1.54) is 17.7 Å². The lowest BCUT2D eigenvalue weighted by Crippen LogP contribution is -2.09. The van der Waals surface area contributed by atoms with Crippen LogP contribution < -0.4 is 5.32 Å². The van der Waals surface area contributed by atoms with Gasteiger partial charge in [-0.25, -0.2) is 9.97 Å². The molecule has 0 amide bonds. The standard InChI is InChI=1S/C31H26F3N3O/c1-3-20-7-4-9-23(15-20)29-35-26-12-6-11-25(26)30(37-29)36-27-18-22(14-13-19(27)2)28(38)17-21-8-5-10-24(16-21)31(32,33)34/h4-10,12-16,18H,3,11,17H2,1-2H3,(H,35,36,37). The second-order valence-electron chi connectivity index (χ2n) is 9.37. The van der Waals surface area contributed by atoms with Crippen LogP contribution in [0.5, 0.6) is 0 Å². The Morgan fingerprint density at radius 2 is 1.76 bits per heavy atom. The number of nitrogens with one attached hydrogen (secondary N) is 1. The summed E-state index contributed by atoms with van der Waals surface area (Å²) in [5, 5.41) is 3.41. The van der Waals surface area contributed by atoms with Gasteiger partial charge in [0.25, 0.3) is 0 Å². The minimum absolute atomic E-state index is 0.128. The Bertz CT molecular complexity index is 1560. The molecule has 1 aromatic heterocycles. The van der Waals surface area contributed by atoms with E-state index in [1.807, 2.05) is 37.3 Å². The van der Waals surface area contributed by atoms with Crippen LogP contribution in [0, 0.1) is 6.92 Å². The maximum atomic E-state index is 13.1. The Morgan fingerprint density at radius 1 is 0.974 bits per heavy atom. The SMILES string of the molecule is CCc1cccc(-c2nc3c(c(Nc4cc(C(=O)Cc5cccc(C(F)(F)F)c5)ccc4C)n2)CC=C3)c1. The van der Waals surface area contributed by atoms with Crippen molar-refractivity contribution in [2.24, 2.45) is 0 Å². The van der Waals surface area contributed by atoms with E-state index in [0.717, 1.165) is 40.9 Å². The van der Waals surface area contributed by atoms with Gasteiger partial charge < -0.3 is 5.32 Å². The number of halogens is 3. The van der Waals surface area contributed by atoms with Gasteiger partial charge in [0.15, 0.2) is 11.6 Å². The Balaban J connectivity index is 1.44. The van der Waals surface area contributed by atoms with Crippen LogP contribution in [0.3, 0.4) is 0 Å². The molecule has 1 aliphatic rings. The molecule has 4 aromatic rings. The average molecular weight is 514 g/mol. The number of alkyl halides is 3. The van der Waals surface area contributed by atoms with Crippen LogP contribution in [0.25, 0.3) is 17.5 Å². The molecule has 0 atom stereocenters. The van der Waals surface area contributed by atoms with Gasteiger partial charge >= 0.3 is 6.18 Å². The number of Topliss-reactive ketones (excluding diaryl/α,β-unsaturated/α-hetero) is 1. The summed E-state index contributed by atoms with van der Waals surface area (Å²) < 4.78 is 39.3. The molecule has 1 N–H and O–H groups in total. The first-order chi connectivity index (χ1) is 18.2. The van der Waals surface area contributed by atoms with Crippen LogP contribution >= 0.6 is 0 Å². The predicted octanol–water partition coefficient (Wildman–Crippen LogP) is 7.77. The molecule has 0 saturated heterocycles. The van der Waals surface area contributed by atoms with Gasteiger partial charge in [0, 0.05) is 28.8 Å². The topological polar surface area (TPSA) is 54.9 Å². The van der Waals surface area contributed by atoms with Crippen LogP contribution in [0.15, 0.2) is 72.8 Å². The average Bonchev–Trinajstić information content (AvgIpc) is 3.39. The molecule has 7 heteroatoms. The highest BCUT2D eigenvalue weighted by atomic mass is 19.4. The van der Waals surface area contributed by atoms with Crippen LogP contribution in [-0.4, -0.2) is 15.8 Å². The summed E-state index contributed by atoms with van der Waals surface area (Å²) >= 11 is 0. The van der Waals surface area contributed by atoms with Gasteiger partial charge in [-0.15, -0.1) is 0 Å². The monoisotopic (exact) mass is 513 g/mol. The Labute approximate surface area is 219 Å². The van der Waals surface area contributed by atoms with Crippen molar-refractivity contribution in [3.63, 3.8) is 0 Å². The molecule has 3 aromatic carbocycles. The van der Waals surface area contributed by atoms with E-state index in [1.54, 1.807) is 12.1 Å². The second kappa shape index (κ2) is 10.2. The molecule has 192 valence electrons. The first kappa shape index (κ1) is 25.4. The maximum absolute atomic E-state index is 13.1. The van der Waals surface area contributed by atoms with Crippen LogP contribution in [0.4, 0.5) is 24.7 Å². The molecule has 1 aliphatic carbocycles. The number of carbonyl (C=O) groups is 1. The van der Waals surface area contributed by atoms with Crippen molar-refractivity contribution in [1.29, 1.82) is 0 Å². The number of benzene rings is 3. The summed E-state index contributed by atoms with van der Waals surface area (Å²) in [5.74, 6) is 1.02. The molecule has 0 fully saturated rings. The Hall–Kier alpha value is -4.26. The minimum Gasteiger partial charge on any atom is -0.340 e. The number of aryl methyl sites for hydroxylation is 2. The van der Waals surface area contributed by atoms with E-state index < -0.39 is 11.7 Å². The molecular weight excluding hydrogens is 487 g/mol. The van der Waals surface area contributed by atoms with E-state index in [0.29, 0.717) is 34.9 Å². The lowest BCUT2D eigenvalue weighted by atomic mass is 9.99. The molecule has 0 bridgehead atoms. The second-order valence-corrected chi connectivity index (χ2v) is 9.37. The molecule has 4 nitrogen and oxygen atoms in total. The Kier molecular flexibility index (Phi) is 6.85. The van der Waals surface area contributed by atoms with Gasteiger partial charge in [0.05, 0.1) is 11.3 Å². The normalized spacial score (nSPS) is 12.4. The lowest BCUT2D eigenvalue weighted by molar-refractivity contribution is -0.137. The van der Waals surface area contributed by atoms with E-state index in [-0.39, 0.29) is 12.2 Å². The van der Waals surface area contributed by atoms with Crippen molar-refractivity contribution < 1.29 is 18.0 Å². The highest BCUT2D eigenvalue weighted by molar-refractivity contribution is 5.98. The smallest absolute Gasteiger partial charge is 0.340 e. The zero-order valence-electron chi connectivity index (χ0n) is 21.1. The largest absolute Gasteiger partial charge is 0.416 e. The molecule has 0 spiro atoms. The number of carbonyl (C=O) groups excluding carboxylic acids is 1. The Morgan fingerprint density at radius 3 is 2.55 bits per heavy atom. The molecule has 5 rings (SSSR count). The summed E-state index contributed by atoms with van der Waals surface area (Å²) in [7, 11) is 0. The third-order valence-electron chi connectivity index (χ3n) is 6.66. The summed E-state index contributed by atoms with van der Waals surface area (Å²) in [5.41, 5.74) is 5.54. The highest BCUT2D eigenvalue weighted by Gasteiger charge is 2.30. The van der Waals surface area contributed by atoms with E-state index >= 15 is 0 Å². The third-order valence-corrected chi connectivity index (χ3v) is 6.66. The van der Waals surface area contributed by atoms with Gasteiger partial charge in [-0.2, -0.15) is 13.2 Å². The third kappa shape index (κ3) is 5.37. The fraction of sp³-hybridized carbons (Fsp3) is 0.194. The predicted molar refractivity (Wildman–Crippen MR) is 144 cm³/mol. The number of ketones is 1. The quantitative estimate of drug-likeness (QED) is 0.257. The van der Waals surface area contributed by atoms with Crippen LogP contribution in [0.1, 0.15) is 50.8 Å². The highest BCUT2D eigenvalue weighted by Crippen LogP contribution is 2.32. The van der Waals surface area contributed by atoms with Crippen molar-refractivity contribution in [2.75, 3.05) is 5.32 Å². The van der Waals surface area contributed by atoms with Gasteiger partial charge in [-0.3, -0.25) is 4.79 Å². The number of allylic oxidation sites excluding steroid dienone is 1. The minimum atomic E-state index is -4.45. The number of nitrogens with zero attached hydrogens (tertiary/aromatic N) is 2. The fourth-order valence-corrected chi connectivity index (χ4v) is 4.49. The molecule has 0 aliphatic heterocycles. The van der Waals surface area contributed by atoms with Gasteiger partial charge in [0.1, 0.15) is 5.82 Å². The lowest BCUT2D eigenvalue weighted by Gasteiger charge is -2.15. The van der Waals surface area contributed by atoms with E-state index in [2.05, 4.69) is 24.4 Å². The number of aromatic nitrogens is 2. The van der Waals surface area contributed by atoms with Crippen molar-refractivity contribution in [1.82, 2.24) is 9.97 Å². The maximum Gasteiger partial charge on any atom is 0.416 e. The van der Waals surface area contributed by atoms with E-state index in [4.69, 9.17) is 9.97 Å². The number of hydrogen-bond acceptors (Lipinski definition) is 4. The van der Waals surface area contributed by atoms with E-state index in [9.17, 15) is 18.0 Å². The molecule has 0 saturated carbocycles. The van der Waals surface area contributed by atoms with Gasteiger partial charge in [-0.05, 0) is 60.7 Å². The van der Waals surface area contributed by atoms with Crippen LogP contribution in [0.2, 0.25) is 0 Å². The van der Waals surface area contributed by atoms with Gasteiger partial charge in [0.2, 0.25) is 0 Å². The molecule has 1 heterocycles. The molecule has 38 heavy (non-hydrogen) atoms. The van der Waals surface area contributed by atoms with Crippen molar-refractivity contribution >= 4 is 23.4 Å². The van der Waals surface area contributed by atoms with Crippen molar-refractivity contribution in [2.45, 2.75) is 39.3 Å². The van der Waals surface area contributed by atoms with Crippen molar-refractivity contribution in [3.05, 3.63) is 112 Å². The van der Waals surface area contributed by atoms with Crippen molar-refractivity contribution in [3.8, 4) is 11.4 Å². The number of hydrogen-bond donors (Lipinski definition) is 1. The summed E-state index contributed by atoms with van der Waals surface area (Å²) in [4.78, 5) is 22.6. The first-order valence-electron chi connectivity index (χ1n) is 12.4. The summed E-state index contributed by atoms with van der Waals surface area (Å²) in [6.07, 6.45) is 1.04. The molecule has 0 radical (unpaired) electrons. The zero-order chi connectivity index (χ0) is 26.9. The van der Waals surface area contributed by atoms with Crippen LogP contribution in [-0.2, 0) is 25.4 Å². The number of rotatable bonds is 7. The number of anilines is 2. The zero-order valence-corrected chi connectivity index (χ0v) is 21.1.